The second-order valence-corrected chi connectivity index (χ2v) is 8.92. The van der Waals surface area contributed by atoms with Crippen molar-refractivity contribution in [3.63, 3.8) is 0 Å². The number of rotatable bonds is 5. The second-order valence-electron chi connectivity index (χ2n) is 8.52. The molecule has 0 aromatic heterocycles. The van der Waals surface area contributed by atoms with Crippen molar-refractivity contribution in [1.82, 2.24) is 0 Å². The van der Waals surface area contributed by atoms with Crippen LogP contribution in [0.3, 0.4) is 0 Å². The van der Waals surface area contributed by atoms with Gasteiger partial charge in [0.2, 0.25) is 0 Å². The zero-order valence-corrected chi connectivity index (χ0v) is 17.7. The molecule has 1 fully saturated rings. The van der Waals surface area contributed by atoms with E-state index in [1.54, 1.807) is 6.07 Å². The van der Waals surface area contributed by atoms with E-state index in [0.717, 1.165) is 17.0 Å². The van der Waals surface area contributed by atoms with E-state index >= 15 is 0 Å². The molecule has 0 radical (unpaired) electrons. The number of halogens is 2. The number of hydrogen-bond donors (Lipinski definition) is 0. The zero-order chi connectivity index (χ0) is 20.2. The van der Waals surface area contributed by atoms with Crippen LogP contribution < -0.4 is 0 Å². The first-order valence-corrected chi connectivity index (χ1v) is 11.1. The topological polar surface area (TPSA) is 0 Å². The molecule has 0 spiro atoms. The molecule has 3 aromatic rings. The van der Waals surface area contributed by atoms with Gasteiger partial charge in [0, 0.05) is 0 Å². The molecule has 1 atom stereocenters. The molecule has 150 valence electrons. The van der Waals surface area contributed by atoms with Crippen LogP contribution in [0.4, 0.5) is 4.39 Å². The van der Waals surface area contributed by atoms with E-state index < -0.39 is 0 Å². The molecule has 1 aliphatic carbocycles. The Hall–Kier alpha value is -2.12. The summed E-state index contributed by atoms with van der Waals surface area (Å²) in [7, 11) is 0. The van der Waals surface area contributed by atoms with Gasteiger partial charge in [0.25, 0.3) is 0 Å². The summed E-state index contributed by atoms with van der Waals surface area (Å²) in [5.41, 5.74) is 4.79. The van der Waals surface area contributed by atoms with Crippen molar-refractivity contribution in [1.29, 1.82) is 0 Å². The maximum Gasteiger partial charge on any atom is 0.142 e. The Kier molecular flexibility index (Phi) is 6.35. The normalized spacial score (nSPS) is 20.4. The number of hydrogen-bond acceptors (Lipinski definition) is 0. The Morgan fingerprint density at radius 1 is 0.862 bits per heavy atom. The summed E-state index contributed by atoms with van der Waals surface area (Å²) in [6.07, 6.45) is 6.44. The molecule has 1 saturated carbocycles. The Morgan fingerprint density at radius 3 is 2.17 bits per heavy atom. The average Bonchev–Trinajstić information content (AvgIpc) is 2.77. The molecule has 0 bridgehead atoms. The molecule has 0 unspecified atom stereocenters. The van der Waals surface area contributed by atoms with Crippen LogP contribution in [0.15, 0.2) is 72.8 Å². The summed E-state index contributed by atoms with van der Waals surface area (Å²) in [5.74, 6) is 1.75. The van der Waals surface area contributed by atoms with Gasteiger partial charge < -0.3 is 0 Å². The monoisotopic (exact) mass is 406 g/mol. The van der Waals surface area contributed by atoms with Crippen LogP contribution in [-0.2, 0) is 0 Å². The highest BCUT2D eigenvalue weighted by atomic mass is 35.5. The first-order chi connectivity index (χ1) is 14.1. The van der Waals surface area contributed by atoms with Gasteiger partial charge in [0.1, 0.15) is 5.82 Å². The van der Waals surface area contributed by atoms with Crippen molar-refractivity contribution >= 4 is 11.6 Å². The highest BCUT2D eigenvalue weighted by molar-refractivity contribution is 6.30. The average molecular weight is 407 g/mol. The van der Waals surface area contributed by atoms with E-state index in [1.165, 1.54) is 49.3 Å². The van der Waals surface area contributed by atoms with Crippen molar-refractivity contribution < 1.29 is 4.39 Å². The first-order valence-electron chi connectivity index (χ1n) is 10.7. The van der Waals surface area contributed by atoms with Gasteiger partial charge in [-0.1, -0.05) is 79.2 Å². The third kappa shape index (κ3) is 4.90. The third-order valence-electron chi connectivity index (χ3n) is 6.54. The van der Waals surface area contributed by atoms with Gasteiger partial charge in [0.15, 0.2) is 0 Å². The standard InChI is InChI=1S/C27H28ClF/c1-19(21-5-3-2-4-6-21)17-20-7-9-22(10-8-20)23-11-13-24(14-12-23)25-15-16-26(28)27(29)18-25/h2-6,11-16,18-20,22H,7-10,17H2,1H3/t19-,20?,22?/m0/s1. The number of benzene rings is 3. The molecular formula is C27H28ClF. The lowest BCUT2D eigenvalue weighted by Gasteiger charge is -2.30. The molecule has 0 N–H and O–H groups in total. The minimum Gasteiger partial charge on any atom is -0.205 e. The summed E-state index contributed by atoms with van der Waals surface area (Å²) in [4.78, 5) is 0. The van der Waals surface area contributed by atoms with Crippen LogP contribution in [0.5, 0.6) is 0 Å². The van der Waals surface area contributed by atoms with E-state index in [1.807, 2.05) is 6.07 Å². The Bertz CT molecular complexity index is 925. The predicted octanol–water partition coefficient (Wildman–Crippen LogP) is 8.61. The fourth-order valence-electron chi connectivity index (χ4n) is 4.77. The summed E-state index contributed by atoms with van der Waals surface area (Å²) in [5, 5.41) is 0.170. The molecule has 0 nitrogen and oxygen atoms in total. The van der Waals surface area contributed by atoms with Gasteiger partial charge in [0.05, 0.1) is 5.02 Å². The van der Waals surface area contributed by atoms with Gasteiger partial charge in [-0.25, -0.2) is 4.39 Å². The Balaban J connectivity index is 1.34. The van der Waals surface area contributed by atoms with E-state index in [4.69, 9.17) is 11.6 Å². The minimum atomic E-state index is -0.365. The van der Waals surface area contributed by atoms with Gasteiger partial charge in [-0.05, 0) is 84.2 Å². The fourth-order valence-corrected chi connectivity index (χ4v) is 4.89. The van der Waals surface area contributed by atoms with E-state index in [9.17, 15) is 4.39 Å². The van der Waals surface area contributed by atoms with Crippen molar-refractivity contribution in [3.05, 3.63) is 94.8 Å². The van der Waals surface area contributed by atoms with Gasteiger partial charge in [-0.15, -0.1) is 0 Å². The van der Waals surface area contributed by atoms with Crippen LogP contribution in [0, 0.1) is 11.7 Å². The quantitative estimate of drug-likeness (QED) is 0.397. The van der Waals surface area contributed by atoms with E-state index in [-0.39, 0.29) is 10.8 Å². The lowest BCUT2D eigenvalue weighted by molar-refractivity contribution is 0.297. The van der Waals surface area contributed by atoms with Crippen molar-refractivity contribution in [2.24, 2.45) is 5.92 Å². The zero-order valence-electron chi connectivity index (χ0n) is 17.0. The van der Waals surface area contributed by atoms with Crippen molar-refractivity contribution in [2.45, 2.75) is 50.9 Å². The SMILES string of the molecule is C[C@@H](CC1CCC(c2ccc(-c3ccc(Cl)c(F)c3)cc2)CC1)c1ccccc1. The Labute approximate surface area is 178 Å². The highest BCUT2D eigenvalue weighted by Gasteiger charge is 2.24. The summed E-state index contributed by atoms with van der Waals surface area (Å²) >= 11 is 5.80. The third-order valence-corrected chi connectivity index (χ3v) is 6.84. The summed E-state index contributed by atoms with van der Waals surface area (Å²) in [6.45, 7) is 2.36. The molecule has 0 heterocycles. The molecule has 2 heteroatoms. The van der Waals surface area contributed by atoms with Crippen LogP contribution in [0.1, 0.15) is 62.0 Å². The lowest BCUT2D eigenvalue weighted by atomic mass is 9.75. The van der Waals surface area contributed by atoms with Crippen LogP contribution in [0.2, 0.25) is 5.02 Å². The Morgan fingerprint density at radius 2 is 1.52 bits per heavy atom. The van der Waals surface area contributed by atoms with Crippen molar-refractivity contribution in [2.75, 3.05) is 0 Å². The molecule has 1 aliphatic rings. The van der Waals surface area contributed by atoms with Crippen LogP contribution in [0.25, 0.3) is 11.1 Å². The maximum absolute atomic E-state index is 13.7. The molecule has 0 aliphatic heterocycles. The summed E-state index contributed by atoms with van der Waals surface area (Å²) in [6, 6.07) is 24.6. The molecule has 3 aromatic carbocycles. The fraction of sp³-hybridized carbons (Fsp3) is 0.333. The molecular weight excluding hydrogens is 379 g/mol. The lowest BCUT2D eigenvalue weighted by Crippen LogP contribution is -2.15. The molecule has 0 saturated heterocycles. The maximum atomic E-state index is 13.7. The van der Waals surface area contributed by atoms with Gasteiger partial charge in [-0.2, -0.15) is 0 Å². The van der Waals surface area contributed by atoms with E-state index in [2.05, 4.69) is 61.5 Å². The van der Waals surface area contributed by atoms with Crippen molar-refractivity contribution in [3.8, 4) is 11.1 Å². The van der Waals surface area contributed by atoms with Crippen LogP contribution in [-0.4, -0.2) is 0 Å². The molecule has 29 heavy (non-hydrogen) atoms. The van der Waals surface area contributed by atoms with Crippen LogP contribution >= 0.6 is 11.6 Å². The summed E-state index contributed by atoms with van der Waals surface area (Å²) < 4.78 is 13.7. The molecule has 0 amide bonds. The van der Waals surface area contributed by atoms with Gasteiger partial charge >= 0.3 is 0 Å². The molecule has 4 rings (SSSR count). The largest absolute Gasteiger partial charge is 0.205 e. The van der Waals surface area contributed by atoms with E-state index in [0.29, 0.717) is 11.8 Å². The minimum absolute atomic E-state index is 0.170. The predicted molar refractivity (Wildman–Crippen MR) is 121 cm³/mol. The highest BCUT2D eigenvalue weighted by Crippen LogP contribution is 2.40. The van der Waals surface area contributed by atoms with Gasteiger partial charge in [-0.3, -0.25) is 0 Å². The first kappa shape index (κ1) is 20.2. The second kappa shape index (κ2) is 9.13. The smallest absolute Gasteiger partial charge is 0.142 e.